The summed E-state index contributed by atoms with van der Waals surface area (Å²) in [6.07, 6.45) is 0. The zero-order chi connectivity index (χ0) is 11.5. The van der Waals surface area contributed by atoms with Crippen LogP contribution >= 0.6 is 34.8 Å². The molecule has 82 valence electrons. The van der Waals surface area contributed by atoms with Crippen LogP contribution in [0.25, 0.3) is 0 Å². The average Bonchev–Trinajstić information content (AvgIpc) is 2.29. The van der Waals surface area contributed by atoms with Gasteiger partial charge in [-0.1, -0.05) is 59.6 Å². The molecule has 3 heteroatoms. The fourth-order valence-corrected chi connectivity index (χ4v) is 2.42. The zero-order valence-corrected chi connectivity index (χ0v) is 10.6. The van der Waals surface area contributed by atoms with Crippen molar-refractivity contribution < 1.29 is 0 Å². The first kappa shape index (κ1) is 11.8. The van der Waals surface area contributed by atoms with Gasteiger partial charge in [-0.05, 0) is 23.3 Å². The Morgan fingerprint density at radius 3 is 2.19 bits per heavy atom. The van der Waals surface area contributed by atoms with Gasteiger partial charge >= 0.3 is 0 Å². The molecular formula is C13H9Cl3. The fraction of sp³-hybridized carbons (Fsp3) is 0.0769. The first-order chi connectivity index (χ1) is 7.68. The largest absolute Gasteiger partial charge is 0.113 e. The summed E-state index contributed by atoms with van der Waals surface area (Å²) >= 11 is 18.3. The molecule has 1 atom stereocenters. The van der Waals surface area contributed by atoms with Crippen LogP contribution in [-0.2, 0) is 0 Å². The van der Waals surface area contributed by atoms with Gasteiger partial charge in [-0.25, -0.2) is 0 Å². The van der Waals surface area contributed by atoms with Crippen molar-refractivity contribution in [2.75, 3.05) is 0 Å². The number of hydrogen-bond donors (Lipinski definition) is 0. The van der Waals surface area contributed by atoms with Gasteiger partial charge in [0.25, 0.3) is 0 Å². The van der Waals surface area contributed by atoms with Crippen molar-refractivity contribution >= 4 is 34.8 Å². The highest BCUT2D eigenvalue weighted by atomic mass is 35.5. The molecule has 0 fully saturated rings. The third kappa shape index (κ3) is 2.52. The normalized spacial score (nSPS) is 12.4. The minimum Gasteiger partial charge on any atom is -0.113 e. The van der Waals surface area contributed by atoms with Gasteiger partial charge in [0.15, 0.2) is 0 Å². The first-order valence-electron chi connectivity index (χ1n) is 4.82. The molecule has 0 amide bonds. The minimum atomic E-state index is -0.244. The molecule has 2 aromatic rings. The topological polar surface area (TPSA) is 0 Å². The number of hydrogen-bond acceptors (Lipinski definition) is 0. The number of halogens is 3. The summed E-state index contributed by atoms with van der Waals surface area (Å²) < 4.78 is 0. The maximum absolute atomic E-state index is 6.36. The molecule has 0 heterocycles. The van der Waals surface area contributed by atoms with Crippen molar-refractivity contribution in [3.8, 4) is 0 Å². The second-order valence-electron chi connectivity index (χ2n) is 3.44. The number of benzene rings is 2. The van der Waals surface area contributed by atoms with E-state index in [0.717, 1.165) is 11.1 Å². The SMILES string of the molecule is Clc1ccc(C(Cl)c2ccccc2)c(Cl)c1. The molecule has 0 saturated carbocycles. The summed E-state index contributed by atoms with van der Waals surface area (Å²) in [5.74, 6) is 0. The summed E-state index contributed by atoms with van der Waals surface area (Å²) in [7, 11) is 0. The fourth-order valence-electron chi connectivity index (χ4n) is 1.51. The number of alkyl halides is 1. The molecule has 2 aromatic carbocycles. The zero-order valence-electron chi connectivity index (χ0n) is 8.33. The Labute approximate surface area is 110 Å². The maximum atomic E-state index is 6.36. The van der Waals surface area contributed by atoms with Crippen LogP contribution in [0, 0.1) is 0 Å². The Kier molecular flexibility index (Phi) is 3.75. The molecule has 0 aromatic heterocycles. The van der Waals surface area contributed by atoms with Gasteiger partial charge in [0.05, 0.1) is 5.38 Å². The minimum absolute atomic E-state index is 0.244. The lowest BCUT2D eigenvalue weighted by atomic mass is 10.0. The van der Waals surface area contributed by atoms with E-state index in [9.17, 15) is 0 Å². The van der Waals surface area contributed by atoms with Crippen LogP contribution < -0.4 is 0 Å². The van der Waals surface area contributed by atoms with Crippen molar-refractivity contribution in [3.05, 3.63) is 69.7 Å². The molecule has 1 unspecified atom stereocenters. The average molecular weight is 272 g/mol. The van der Waals surface area contributed by atoms with E-state index in [0.29, 0.717) is 10.0 Å². The van der Waals surface area contributed by atoms with Crippen molar-refractivity contribution in [3.63, 3.8) is 0 Å². The van der Waals surface area contributed by atoms with Crippen LogP contribution in [0.5, 0.6) is 0 Å². The van der Waals surface area contributed by atoms with Crippen molar-refractivity contribution in [2.24, 2.45) is 0 Å². The third-order valence-electron chi connectivity index (χ3n) is 2.33. The van der Waals surface area contributed by atoms with E-state index in [1.165, 1.54) is 0 Å². The molecule has 0 N–H and O–H groups in total. The molecule has 0 radical (unpaired) electrons. The molecular weight excluding hydrogens is 263 g/mol. The van der Waals surface area contributed by atoms with Crippen LogP contribution in [-0.4, -0.2) is 0 Å². The molecule has 0 saturated heterocycles. The Hall–Kier alpha value is -0.690. The van der Waals surface area contributed by atoms with Crippen LogP contribution in [0.15, 0.2) is 48.5 Å². The van der Waals surface area contributed by atoms with Crippen molar-refractivity contribution in [1.29, 1.82) is 0 Å². The molecule has 0 aliphatic rings. The van der Waals surface area contributed by atoms with Gasteiger partial charge in [0.1, 0.15) is 0 Å². The molecule has 0 aliphatic heterocycles. The highest BCUT2D eigenvalue weighted by molar-refractivity contribution is 6.36. The Morgan fingerprint density at radius 1 is 0.875 bits per heavy atom. The third-order valence-corrected chi connectivity index (χ3v) is 3.38. The van der Waals surface area contributed by atoms with E-state index in [4.69, 9.17) is 34.8 Å². The van der Waals surface area contributed by atoms with Gasteiger partial charge in [-0.3, -0.25) is 0 Å². The lowest BCUT2D eigenvalue weighted by Gasteiger charge is -2.12. The quantitative estimate of drug-likeness (QED) is 0.648. The van der Waals surface area contributed by atoms with Crippen molar-refractivity contribution in [2.45, 2.75) is 5.38 Å². The smallest absolute Gasteiger partial charge is 0.0849 e. The van der Waals surface area contributed by atoms with E-state index in [1.54, 1.807) is 12.1 Å². The second-order valence-corrected chi connectivity index (χ2v) is 4.72. The van der Waals surface area contributed by atoms with Gasteiger partial charge in [-0.15, -0.1) is 11.6 Å². The lowest BCUT2D eigenvalue weighted by molar-refractivity contribution is 1.14. The first-order valence-corrected chi connectivity index (χ1v) is 6.01. The van der Waals surface area contributed by atoms with Crippen LogP contribution in [0.2, 0.25) is 10.0 Å². The summed E-state index contributed by atoms with van der Waals surface area (Å²) in [6.45, 7) is 0. The predicted molar refractivity (Wildman–Crippen MR) is 70.6 cm³/mol. The van der Waals surface area contributed by atoms with Crippen molar-refractivity contribution in [1.82, 2.24) is 0 Å². The van der Waals surface area contributed by atoms with E-state index >= 15 is 0 Å². The molecule has 16 heavy (non-hydrogen) atoms. The summed E-state index contributed by atoms with van der Waals surface area (Å²) in [6, 6.07) is 15.2. The van der Waals surface area contributed by atoms with E-state index in [1.807, 2.05) is 36.4 Å². The summed E-state index contributed by atoms with van der Waals surface area (Å²) in [4.78, 5) is 0. The van der Waals surface area contributed by atoms with Crippen LogP contribution in [0.1, 0.15) is 16.5 Å². The highest BCUT2D eigenvalue weighted by Crippen LogP contribution is 2.34. The second kappa shape index (κ2) is 5.09. The number of rotatable bonds is 2. The van der Waals surface area contributed by atoms with Gasteiger partial charge < -0.3 is 0 Å². The molecule has 0 nitrogen and oxygen atoms in total. The van der Waals surface area contributed by atoms with Crippen LogP contribution in [0.4, 0.5) is 0 Å². The highest BCUT2D eigenvalue weighted by Gasteiger charge is 2.13. The Balaban J connectivity index is 2.38. The molecule has 0 spiro atoms. The standard InChI is InChI=1S/C13H9Cl3/c14-10-6-7-11(12(15)8-10)13(16)9-4-2-1-3-5-9/h1-8,13H. The lowest BCUT2D eigenvalue weighted by Crippen LogP contribution is -1.93. The molecule has 0 aliphatic carbocycles. The van der Waals surface area contributed by atoms with E-state index < -0.39 is 0 Å². The van der Waals surface area contributed by atoms with E-state index in [-0.39, 0.29) is 5.38 Å². The molecule has 0 bridgehead atoms. The summed E-state index contributed by atoms with van der Waals surface area (Å²) in [5.41, 5.74) is 1.90. The van der Waals surface area contributed by atoms with Gasteiger partial charge in [-0.2, -0.15) is 0 Å². The Bertz CT molecular complexity index is 480. The van der Waals surface area contributed by atoms with Crippen LogP contribution in [0.3, 0.4) is 0 Å². The molecule has 2 rings (SSSR count). The Morgan fingerprint density at radius 2 is 1.56 bits per heavy atom. The van der Waals surface area contributed by atoms with Gasteiger partial charge in [0, 0.05) is 10.0 Å². The van der Waals surface area contributed by atoms with E-state index in [2.05, 4.69) is 0 Å². The monoisotopic (exact) mass is 270 g/mol. The summed E-state index contributed by atoms with van der Waals surface area (Å²) in [5, 5.41) is 0.966. The maximum Gasteiger partial charge on any atom is 0.0849 e. The predicted octanol–water partition coefficient (Wildman–Crippen LogP) is 5.32. The van der Waals surface area contributed by atoms with Gasteiger partial charge in [0.2, 0.25) is 0 Å².